The Kier molecular flexibility index (Phi) is 3.03. The first-order valence-corrected chi connectivity index (χ1v) is 6.30. The van der Waals surface area contributed by atoms with Crippen LogP contribution in [0.25, 0.3) is 11.1 Å². The van der Waals surface area contributed by atoms with Crippen LogP contribution >= 0.6 is 0 Å². The van der Waals surface area contributed by atoms with E-state index >= 15 is 0 Å². The quantitative estimate of drug-likeness (QED) is 0.889. The molecule has 1 fully saturated rings. The summed E-state index contributed by atoms with van der Waals surface area (Å²) in [6, 6.07) is 18.3. The van der Waals surface area contributed by atoms with Crippen molar-refractivity contribution in [3.8, 4) is 16.9 Å². The lowest BCUT2D eigenvalue weighted by Gasteiger charge is -2.11. The molecule has 0 aromatic heterocycles. The smallest absolute Gasteiger partial charge is 0.127 e. The summed E-state index contributed by atoms with van der Waals surface area (Å²) in [4.78, 5) is 0. The summed E-state index contributed by atoms with van der Waals surface area (Å²) in [5, 5.41) is 9.06. The third kappa shape index (κ3) is 2.24. The maximum absolute atomic E-state index is 9.06. The van der Waals surface area contributed by atoms with E-state index < -0.39 is 0 Å². The van der Waals surface area contributed by atoms with Crippen LogP contribution < -0.4 is 4.74 Å². The Morgan fingerprint density at radius 2 is 1.72 bits per heavy atom. The molecule has 0 spiro atoms. The number of aliphatic hydroxyl groups is 1. The third-order valence-corrected chi connectivity index (χ3v) is 3.34. The fourth-order valence-corrected chi connectivity index (χ4v) is 2.14. The van der Waals surface area contributed by atoms with E-state index in [-0.39, 0.29) is 12.7 Å². The van der Waals surface area contributed by atoms with Crippen molar-refractivity contribution in [3.63, 3.8) is 0 Å². The number of para-hydroxylation sites is 1. The van der Waals surface area contributed by atoms with E-state index in [1.807, 2.05) is 36.4 Å². The van der Waals surface area contributed by atoms with Crippen molar-refractivity contribution in [3.05, 3.63) is 54.6 Å². The van der Waals surface area contributed by atoms with Crippen LogP contribution in [-0.4, -0.2) is 17.8 Å². The zero-order chi connectivity index (χ0) is 12.4. The predicted molar refractivity (Wildman–Crippen MR) is 71.5 cm³/mol. The number of benzene rings is 2. The van der Waals surface area contributed by atoms with Gasteiger partial charge in [0.1, 0.15) is 11.9 Å². The van der Waals surface area contributed by atoms with Gasteiger partial charge in [0.05, 0.1) is 0 Å². The van der Waals surface area contributed by atoms with Crippen molar-refractivity contribution < 1.29 is 9.84 Å². The van der Waals surface area contributed by atoms with Gasteiger partial charge in [-0.2, -0.15) is 0 Å². The molecule has 2 unspecified atom stereocenters. The molecule has 2 aromatic rings. The molecule has 1 saturated carbocycles. The van der Waals surface area contributed by atoms with Gasteiger partial charge in [-0.1, -0.05) is 48.5 Å². The van der Waals surface area contributed by atoms with Crippen molar-refractivity contribution in [2.75, 3.05) is 6.61 Å². The topological polar surface area (TPSA) is 29.5 Å². The first-order valence-electron chi connectivity index (χ1n) is 6.30. The van der Waals surface area contributed by atoms with Gasteiger partial charge in [-0.3, -0.25) is 0 Å². The van der Waals surface area contributed by atoms with E-state index in [0.29, 0.717) is 5.92 Å². The average molecular weight is 240 g/mol. The molecule has 0 radical (unpaired) electrons. The largest absolute Gasteiger partial charge is 0.489 e. The molecule has 1 aliphatic carbocycles. The van der Waals surface area contributed by atoms with Gasteiger partial charge >= 0.3 is 0 Å². The molecule has 0 bridgehead atoms. The predicted octanol–water partition coefficient (Wildman–Crippen LogP) is 3.11. The van der Waals surface area contributed by atoms with Crippen molar-refractivity contribution in [1.29, 1.82) is 0 Å². The van der Waals surface area contributed by atoms with Crippen LogP contribution in [0.1, 0.15) is 6.42 Å². The molecule has 3 rings (SSSR count). The van der Waals surface area contributed by atoms with Crippen molar-refractivity contribution >= 4 is 0 Å². The summed E-state index contributed by atoms with van der Waals surface area (Å²) in [7, 11) is 0. The number of rotatable bonds is 4. The molecule has 0 saturated heterocycles. The Balaban J connectivity index is 1.86. The Morgan fingerprint density at radius 3 is 2.44 bits per heavy atom. The number of hydrogen-bond donors (Lipinski definition) is 1. The lowest BCUT2D eigenvalue weighted by atomic mass is 10.1. The molecule has 1 N–H and O–H groups in total. The summed E-state index contributed by atoms with van der Waals surface area (Å²) < 4.78 is 5.95. The van der Waals surface area contributed by atoms with Crippen molar-refractivity contribution in [2.45, 2.75) is 12.5 Å². The van der Waals surface area contributed by atoms with Gasteiger partial charge in [-0.05, 0) is 18.1 Å². The van der Waals surface area contributed by atoms with Gasteiger partial charge in [-0.25, -0.2) is 0 Å². The molecule has 0 amide bonds. The monoisotopic (exact) mass is 240 g/mol. The summed E-state index contributed by atoms with van der Waals surface area (Å²) in [5.74, 6) is 1.22. The van der Waals surface area contributed by atoms with Gasteiger partial charge in [0.25, 0.3) is 0 Å². The summed E-state index contributed by atoms with van der Waals surface area (Å²) >= 11 is 0. The Morgan fingerprint density at radius 1 is 1.00 bits per heavy atom. The number of aliphatic hydroxyl groups excluding tert-OH is 1. The Hall–Kier alpha value is -1.80. The highest BCUT2D eigenvalue weighted by Gasteiger charge is 2.39. The molecule has 92 valence electrons. The van der Waals surface area contributed by atoms with Crippen LogP contribution in [0.2, 0.25) is 0 Å². The van der Waals surface area contributed by atoms with Gasteiger partial charge < -0.3 is 9.84 Å². The van der Waals surface area contributed by atoms with Gasteiger partial charge in [0.15, 0.2) is 0 Å². The first-order chi connectivity index (χ1) is 8.88. The second-order valence-electron chi connectivity index (χ2n) is 4.70. The molecule has 18 heavy (non-hydrogen) atoms. The minimum atomic E-state index is 0.180. The van der Waals surface area contributed by atoms with E-state index in [0.717, 1.165) is 23.3 Å². The van der Waals surface area contributed by atoms with Gasteiger partial charge in [0, 0.05) is 18.1 Å². The Bertz CT molecular complexity index is 522. The summed E-state index contributed by atoms with van der Waals surface area (Å²) in [5.41, 5.74) is 2.27. The standard InChI is InChI=1S/C16H16O2/c17-11-13-10-16(13)18-15-9-5-4-8-14(15)12-6-2-1-3-7-12/h1-9,13,16-17H,10-11H2. The normalized spacial score (nSPS) is 21.6. The third-order valence-electron chi connectivity index (χ3n) is 3.34. The molecular weight excluding hydrogens is 224 g/mol. The average Bonchev–Trinajstić information content (AvgIpc) is 3.19. The minimum Gasteiger partial charge on any atom is -0.489 e. The first kappa shape index (κ1) is 11.3. The molecule has 0 heterocycles. The summed E-state index contributed by atoms with van der Waals surface area (Å²) in [6.45, 7) is 0.220. The van der Waals surface area contributed by atoms with Crippen LogP contribution in [0.4, 0.5) is 0 Å². The van der Waals surface area contributed by atoms with Crippen LogP contribution in [0.15, 0.2) is 54.6 Å². The fourth-order valence-electron chi connectivity index (χ4n) is 2.14. The molecule has 0 aliphatic heterocycles. The van der Waals surface area contributed by atoms with Gasteiger partial charge in [-0.15, -0.1) is 0 Å². The highest BCUT2D eigenvalue weighted by atomic mass is 16.5. The van der Waals surface area contributed by atoms with Crippen molar-refractivity contribution in [2.24, 2.45) is 5.92 Å². The second-order valence-corrected chi connectivity index (χ2v) is 4.70. The second kappa shape index (κ2) is 4.83. The molecule has 1 aliphatic rings. The molecule has 2 atom stereocenters. The lowest BCUT2D eigenvalue weighted by Crippen LogP contribution is -2.03. The summed E-state index contributed by atoms with van der Waals surface area (Å²) in [6.07, 6.45) is 1.14. The van der Waals surface area contributed by atoms with Crippen molar-refractivity contribution in [1.82, 2.24) is 0 Å². The van der Waals surface area contributed by atoms with Crippen LogP contribution in [0.3, 0.4) is 0 Å². The Labute approximate surface area is 107 Å². The number of hydrogen-bond acceptors (Lipinski definition) is 2. The van der Waals surface area contributed by atoms with E-state index in [4.69, 9.17) is 9.84 Å². The van der Waals surface area contributed by atoms with Crippen LogP contribution in [-0.2, 0) is 0 Å². The number of ether oxygens (including phenoxy) is 1. The van der Waals surface area contributed by atoms with E-state index in [9.17, 15) is 0 Å². The highest BCUT2D eigenvalue weighted by molar-refractivity contribution is 5.70. The maximum atomic E-state index is 9.06. The maximum Gasteiger partial charge on any atom is 0.127 e. The molecule has 2 heteroatoms. The molecular formula is C16H16O2. The van der Waals surface area contributed by atoms with E-state index in [1.54, 1.807) is 0 Å². The SMILES string of the molecule is OCC1CC1Oc1ccccc1-c1ccccc1. The minimum absolute atomic E-state index is 0.180. The highest BCUT2D eigenvalue weighted by Crippen LogP contribution is 2.38. The van der Waals surface area contributed by atoms with Crippen LogP contribution in [0.5, 0.6) is 5.75 Å². The lowest BCUT2D eigenvalue weighted by molar-refractivity contribution is 0.225. The fraction of sp³-hybridized carbons (Fsp3) is 0.250. The zero-order valence-electron chi connectivity index (χ0n) is 10.1. The van der Waals surface area contributed by atoms with Crippen LogP contribution in [0, 0.1) is 5.92 Å². The zero-order valence-corrected chi connectivity index (χ0v) is 10.1. The van der Waals surface area contributed by atoms with Gasteiger partial charge in [0.2, 0.25) is 0 Å². The van der Waals surface area contributed by atoms with E-state index in [1.165, 1.54) is 0 Å². The molecule has 2 nitrogen and oxygen atoms in total. The van der Waals surface area contributed by atoms with E-state index in [2.05, 4.69) is 18.2 Å². The molecule has 2 aromatic carbocycles.